The van der Waals surface area contributed by atoms with Crippen LogP contribution in [0.5, 0.6) is 0 Å². The number of anilines is 1. The molecule has 0 heterocycles. The molecular weight excluding hydrogens is 302 g/mol. The molecule has 7 heteroatoms. The molecule has 0 atom stereocenters. The zero-order valence-corrected chi connectivity index (χ0v) is 11.2. The van der Waals surface area contributed by atoms with Crippen molar-refractivity contribution in [2.24, 2.45) is 0 Å². The van der Waals surface area contributed by atoms with Gasteiger partial charge in [-0.3, -0.25) is 9.59 Å². The van der Waals surface area contributed by atoms with Gasteiger partial charge in [-0.2, -0.15) is 0 Å². The summed E-state index contributed by atoms with van der Waals surface area (Å²) in [4.78, 5) is 23.3. The number of halogens is 4. The van der Waals surface area contributed by atoms with Crippen molar-refractivity contribution in [3.63, 3.8) is 0 Å². The second-order valence-electron chi connectivity index (χ2n) is 4.40. The molecule has 0 saturated heterocycles. The van der Waals surface area contributed by atoms with Crippen LogP contribution in [-0.2, 0) is 0 Å². The Labute approximate surface area is 122 Å². The highest BCUT2D eigenvalue weighted by Gasteiger charge is 2.23. The molecule has 0 unspecified atom stereocenters. The van der Waals surface area contributed by atoms with Crippen molar-refractivity contribution in [3.05, 3.63) is 64.7 Å². The van der Waals surface area contributed by atoms with E-state index in [9.17, 15) is 27.2 Å². The normalized spacial score (nSPS) is 10.4. The molecule has 0 aliphatic heterocycles. The Morgan fingerprint density at radius 2 is 1.55 bits per heavy atom. The zero-order valence-electron chi connectivity index (χ0n) is 11.2. The van der Waals surface area contributed by atoms with Crippen LogP contribution in [0.25, 0.3) is 0 Å². The van der Waals surface area contributed by atoms with Gasteiger partial charge in [-0.15, -0.1) is 0 Å². The minimum absolute atomic E-state index is 0.0459. The van der Waals surface area contributed by atoms with E-state index >= 15 is 0 Å². The minimum Gasteiger partial charge on any atom is -0.321 e. The van der Waals surface area contributed by atoms with Crippen LogP contribution in [0.4, 0.5) is 23.2 Å². The first-order valence-corrected chi connectivity index (χ1v) is 6.07. The molecule has 0 fully saturated rings. The Morgan fingerprint density at radius 3 is 2.18 bits per heavy atom. The fourth-order valence-electron chi connectivity index (χ4n) is 1.83. The van der Waals surface area contributed by atoms with Crippen molar-refractivity contribution >= 4 is 17.4 Å². The van der Waals surface area contributed by atoms with Crippen molar-refractivity contribution in [1.82, 2.24) is 0 Å². The molecule has 0 aliphatic rings. The number of carbonyl (C=O) groups excluding carboxylic acids is 2. The molecule has 3 nitrogen and oxygen atoms in total. The van der Waals surface area contributed by atoms with E-state index < -0.39 is 34.7 Å². The first-order valence-electron chi connectivity index (χ1n) is 6.07. The zero-order chi connectivity index (χ0) is 16.4. The van der Waals surface area contributed by atoms with Crippen molar-refractivity contribution in [2.75, 3.05) is 5.32 Å². The van der Waals surface area contributed by atoms with Crippen LogP contribution < -0.4 is 5.32 Å². The molecule has 22 heavy (non-hydrogen) atoms. The molecule has 1 N–H and O–H groups in total. The lowest BCUT2D eigenvalue weighted by Gasteiger charge is -2.10. The number of para-hydroxylation sites is 1. The van der Waals surface area contributed by atoms with E-state index in [1.807, 2.05) is 0 Å². The molecule has 0 aliphatic carbocycles. The van der Waals surface area contributed by atoms with Gasteiger partial charge in [-0.05, 0) is 25.1 Å². The number of hydrogen-bond acceptors (Lipinski definition) is 2. The van der Waals surface area contributed by atoms with Gasteiger partial charge in [-0.25, -0.2) is 17.6 Å². The van der Waals surface area contributed by atoms with Crippen LogP contribution in [0.1, 0.15) is 27.6 Å². The molecule has 114 valence electrons. The predicted octanol–water partition coefficient (Wildman–Crippen LogP) is 3.70. The van der Waals surface area contributed by atoms with E-state index in [2.05, 4.69) is 5.32 Å². The highest BCUT2D eigenvalue weighted by molar-refractivity contribution is 6.09. The number of amides is 1. The second-order valence-corrected chi connectivity index (χ2v) is 4.40. The summed E-state index contributed by atoms with van der Waals surface area (Å²) in [5.74, 6) is -9.15. The molecule has 2 aromatic carbocycles. The largest absolute Gasteiger partial charge is 0.321 e. The average Bonchev–Trinajstić information content (AvgIpc) is 2.49. The van der Waals surface area contributed by atoms with E-state index in [1.54, 1.807) is 6.07 Å². The SMILES string of the molecule is CC(=O)c1ccccc1NC(=O)c1cc(F)c(F)c(F)c1F. The highest BCUT2D eigenvalue weighted by Crippen LogP contribution is 2.21. The Bertz CT molecular complexity index is 774. The van der Waals surface area contributed by atoms with Crippen molar-refractivity contribution in [1.29, 1.82) is 0 Å². The van der Waals surface area contributed by atoms with E-state index in [0.717, 1.165) is 0 Å². The standard InChI is InChI=1S/C15H9F4NO2/c1-7(21)8-4-2-3-5-11(8)20-15(22)9-6-10(16)13(18)14(19)12(9)17/h2-6H,1H3,(H,20,22). The van der Waals surface area contributed by atoms with Gasteiger partial charge in [0.25, 0.3) is 5.91 Å². The van der Waals surface area contributed by atoms with Crippen LogP contribution in [0.3, 0.4) is 0 Å². The molecule has 0 saturated carbocycles. The quantitative estimate of drug-likeness (QED) is 0.407. The maximum absolute atomic E-state index is 13.5. The number of hydrogen-bond donors (Lipinski definition) is 1. The summed E-state index contributed by atoms with van der Waals surface area (Å²) in [5, 5.41) is 2.17. The van der Waals surface area contributed by atoms with Crippen LogP contribution in [0.15, 0.2) is 30.3 Å². The third kappa shape index (κ3) is 2.83. The Morgan fingerprint density at radius 1 is 0.909 bits per heavy atom. The lowest BCUT2D eigenvalue weighted by molar-refractivity contribution is 0.101. The number of benzene rings is 2. The molecule has 2 aromatic rings. The molecule has 0 aromatic heterocycles. The first-order chi connectivity index (χ1) is 10.3. The van der Waals surface area contributed by atoms with Crippen LogP contribution in [-0.4, -0.2) is 11.7 Å². The number of rotatable bonds is 3. The number of Topliss-reactive ketones (excluding diaryl/α,β-unsaturated/α-hetero) is 1. The number of nitrogens with one attached hydrogen (secondary N) is 1. The van der Waals surface area contributed by atoms with E-state index in [1.165, 1.54) is 25.1 Å². The van der Waals surface area contributed by atoms with Gasteiger partial charge in [-0.1, -0.05) is 12.1 Å². The topological polar surface area (TPSA) is 46.2 Å². The number of carbonyl (C=O) groups is 2. The van der Waals surface area contributed by atoms with Crippen LogP contribution >= 0.6 is 0 Å². The third-order valence-corrected chi connectivity index (χ3v) is 2.90. The number of ketones is 1. The summed E-state index contributed by atoms with van der Waals surface area (Å²) in [6, 6.07) is 6.08. The highest BCUT2D eigenvalue weighted by atomic mass is 19.2. The van der Waals surface area contributed by atoms with Gasteiger partial charge >= 0.3 is 0 Å². The first kappa shape index (κ1) is 15.7. The third-order valence-electron chi connectivity index (χ3n) is 2.90. The second kappa shape index (κ2) is 5.97. The Hall–Kier alpha value is -2.70. The molecule has 0 bridgehead atoms. The van der Waals surface area contributed by atoms with Gasteiger partial charge in [0.05, 0.1) is 11.3 Å². The van der Waals surface area contributed by atoms with Gasteiger partial charge in [0, 0.05) is 5.56 Å². The van der Waals surface area contributed by atoms with Crippen molar-refractivity contribution < 1.29 is 27.2 Å². The lowest BCUT2D eigenvalue weighted by atomic mass is 10.1. The van der Waals surface area contributed by atoms with E-state index in [0.29, 0.717) is 0 Å². The smallest absolute Gasteiger partial charge is 0.258 e. The van der Waals surface area contributed by atoms with Crippen molar-refractivity contribution in [2.45, 2.75) is 6.92 Å². The van der Waals surface area contributed by atoms with Gasteiger partial charge < -0.3 is 5.32 Å². The van der Waals surface area contributed by atoms with Gasteiger partial charge in [0.15, 0.2) is 29.1 Å². The maximum atomic E-state index is 13.5. The molecular formula is C15H9F4NO2. The minimum atomic E-state index is -2.08. The van der Waals surface area contributed by atoms with E-state index in [-0.39, 0.29) is 23.1 Å². The lowest BCUT2D eigenvalue weighted by Crippen LogP contribution is -2.17. The predicted molar refractivity (Wildman–Crippen MR) is 70.7 cm³/mol. The summed E-state index contributed by atoms with van der Waals surface area (Å²) in [6.07, 6.45) is 0. The monoisotopic (exact) mass is 311 g/mol. The summed E-state index contributed by atoms with van der Waals surface area (Å²) < 4.78 is 52.7. The fraction of sp³-hybridized carbons (Fsp3) is 0.0667. The molecule has 0 spiro atoms. The molecule has 0 radical (unpaired) electrons. The summed E-state index contributed by atoms with van der Waals surface area (Å²) in [7, 11) is 0. The average molecular weight is 311 g/mol. The van der Waals surface area contributed by atoms with E-state index in [4.69, 9.17) is 0 Å². The molecule has 2 rings (SSSR count). The van der Waals surface area contributed by atoms with Crippen molar-refractivity contribution in [3.8, 4) is 0 Å². The van der Waals surface area contributed by atoms with Gasteiger partial charge in [0.2, 0.25) is 0 Å². The molecule has 1 amide bonds. The summed E-state index contributed by atoms with van der Waals surface area (Å²) in [5.41, 5.74) is -0.821. The van der Waals surface area contributed by atoms with Crippen LogP contribution in [0.2, 0.25) is 0 Å². The van der Waals surface area contributed by atoms with Gasteiger partial charge in [0.1, 0.15) is 0 Å². The summed E-state index contributed by atoms with van der Waals surface area (Å²) in [6.45, 7) is 1.25. The Kier molecular flexibility index (Phi) is 4.25. The van der Waals surface area contributed by atoms with Crippen LogP contribution in [0, 0.1) is 23.3 Å². The summed E-state index contributed by atoms with van der Waals surface area (Å²) >= 11 is 0. The Balaban J connectivity index is 2.41. The fourth-order valence-corrected chi connectivity index (χ4v) is 1.83. The maximum Gasteiger partial charge on any atom is 0.258 e.